The lowest BCUT2D eigenvalue weighted by Gasteiger charge is -2.07. The van der Waals surface area contributed by atoms with Crippen molar-refractivity contribution in [3.05, 3.63) is 101 Å². The zero-order valence-electron chi connectivity index (χ0n) is 13.8. The van der Waals surface area contributed by atoms with Gasteiger partial charge in [0.25, 0.3) is 0 Å². The number of nitriles is 1. The maximum absolute atomic E-state index is 13.3. The number of halogens is 2. The van der Waals surface area contributed by atoms with E-state index in [1.807, 2.05) is 0 Å². The van der Waals surface area contributed by atoms with Gasteiger partial charge in [0.1, 0.15) is 24.0 Å². The lowest BCUT2D eigenvalue weighted by Crippen LogP contribution is -1.95. The summed E-state index contributed by atoms with van der Waals surface area (Å²) in [6.45, 7) is 0.264. The topological polar surface area (TPSA) is 33.0 Å². The third kappa shape index (κ3) is 4.55. The summed E-state index contributed by atoms with van der Waals surface area (Å²) in [5, 5.41) is 9.32. The molecule has 0 N–H and O–H groups in total. The molecule has 0 bridgehead atoms. The van der Waals surface area contributed by atoms with Crippen LogP contribution in [0.15, 0.2) is 72.8 Å². The van der Waals surface area contributed by atoms with Crippen LogP contribution in [-0.2, 0) is 6.61 Å². The maximum atomic E-state index is 13.3. The van der Waals surface area contributed by atoms with Crippen molar-refractivity contribution >= 4 is 11.6 Å². The number of benzene rings is 3. The molecule has 3 rings (SSSR count). The highest BCUT2D eigenvalue weighted by Gasteiger charge is 2.03. The Labute approximate surface area is 150 Å². The molecule has 2 nitrogen and oxygen atoms in total. The molecule has 0 atom stereocenters. The van der Waals surface area contributed by atoms with E-state index in [1.54, 1.807) is 54.6 Å². The minimum Gasteiger partial charge on any atom is -0.489 e. The van der Waals surface area contributed by atoms with Crippen molar-refractivity contribution in [1.82, 2.24) is 0 Å². The minimum atomic E-state index is -0.384. The van der Waals surface area contributed by atoms with Gasteiger partial charge in [-0.05, 0) is 59.2 Å². The van der Waals surface area contributed by atoms with Gasteiger partial charge >= 0.3 is 0 Å². The molecule has 0 aliphatic carbocycles. The monoisotopic (exact) mass is 347 g/mol. The largest absolute Gasteiger partial charge is 0.489 e. The summed E-state index contributed by atoms with van der Waals surface area (Å²) in [5.74, 6) is -0.0478. The molecule has 0 saturated carbocycles. The van der Waals surface area contributed by atoms with Crippen molar-refractivity contribution < 1.29 is 13.5 Å². The average molecular weight is 347 g/mol. The highest BCUT2D eigenvalue weighted by molar-refractivity contribution is 5.89. The molecule has 0 unspecified atom stereocenters. The quantitative estimate of drug-likeness (QED) is 0.444. The number of allylic oxidation sites excluding steroid dienone is 1. The second-order valence-corrected chi connectivity index (χ2v) is 5.67. The number of hydrogen-bond acceptors (Lipinski definition) is 2. The number of hydrogen-bond donors (Lipinski definition) is 0. The summed E-state index contributed by atoms with van der Waals surface area (Å²) in [6, 6.07) is 21.4. The molecule has 128 valence electrons. The Balaban J connectivity index is 1.71. The molecule has 0 aromatic heterocycles. The van der Waals surface area contributed by atoms with E-state index >= 15 is 0 Å². The first kappa shape index (κ1) is 17.4. The van der Waals surface area contributed by atoms with E-state index < -0.39 is 0 Å². The summed E-state index contributed by atoms with van der Waals surface area (Å²) in [5.41, 5.74) is 2.44. The van der Waals surface area contributed by atoms with Crippen LogP contribution in [0.3, 0.4) is 0 Å². The van der Waals surface area contributed by atoms with Crippen molar-refractivity contribution in [1.29, 1.82) is 5.26 Å². The third-order valence-electron chi connectivity index (χ3n) is 3.74. The van der Waals surface area contributed by atoms with E-state index in [1.165, 1.54) is 24.3 Å². The number of rotatable bonds is 5. The van der Waals surface area contributed by atoms with Gasteiger partial charge in [0.2, 0.25) is 0 Å². The SMILES string of the molecule is N#C/C(=C/c1ccc(OCc2cccc(F)c2)cc1)c1cccc(F)c1. The van der Waals surface area contributed by atoms with E-state index in [9.17, 15) is 14.0 Å². The fourth-order valence-electron chi connectivity index (χ4n) is 2.46. The van der Waals surface area contributed by atoms with Gasteiger partial charge in [-0.15, -0.1) is 0 Å². The van der Waals surface area contributed by atoms with Gasteiger partial charge in [-0.3, -0.25) is 0 Å². The summed E-state index contributed by atoms with van der Waals surface area (Å²) in [4.78, 5) is 0. The third-order valence-corrected chi connectivity index (χ3v) is 3.74. The number of nitrogens with zero attached hydrogens (tertiary/aromatic N) is 1. The Bertz CT molecular complexity index is 972. The zero-order chi connectivity index (χ0) is 18.4. The molecular weight excluding hydrogens is 332 g/mol. The van der Waals surface area contributed by atoms with Crippen molar-refractivity contribution in [3.63, 3.8) is 0 Å². The highest BCUT2D eigenvalue weighted by atomic mass is 19.1. The van der Waals surface area contributed by atoms with Gasteiger partial charge in [-0.1, -0.05) is 36.4 Å². The number of ether oxygens (including phenoxy) is 1. The first-order valence-electron chi connectivity index (χ1n) is 7.99. The van der Waals surface area contributed by atoms with Gasteiger partial charge in [0.15, 0.2) is 0 Å². The van der Waals surface area contributed by atoms with Crippen molar-refractivity contribution in [2.75, 3.05) is 0 Å². The smallest absolute Gasteiger partial charge is 0.123 e. The summed E-state index contributed by atoms with van der Waals surface area (Å²) in [6.07, 6.45) is 1.69. The molecule has 3 aromatic rings. The lowest BCUT2D eigenvalue weighted by molar-refractivity contribution is 0.305. The van der Waals surface area contributed by atoms with Crippen LogP contribution in [0.2, 0.25) is 0 Å². The molecule has 0 amide bonds. The van der Waals surface area contributed by atoms with Crippen LogP contribution in [0.4, 0.5) is 8.78 Å². The molecule has 0 saturated heterocycles. The molecule has 0 radical (unpaired) electrons. The second kappa shape index (κ2) is 8.09. The Morgan fingerprint density at radius 2 is 1.62 bits per heavy atom. The molecule has 26 heavy (non-hydrogen) atoms. The van der Waals surface area contributed by atoms with E-state index in [0.717, 1.165) is 11.1 Å². The maximum Gasteiger partial charge on any atom is 0.123 e. The van der Waals surface area contributed by atoms with Gasteiger partial charge in [0.05, 0.1) is 11.6 Å². The van der Waals surface area contributed by atoms with Crippen LogP contribution in [0.25, 0.3) is 11.6 Å². The predicted molar refractivity (Wildman–Crippen MR) is 97.1 cm³/mol. The Morgan fingerprint density at radius 3 is 2.27 bits per heavy atom. The zero-order valence-corrected chi connectivity index (χ0v) is 13.8. The standard InChI is InChI=1S/C22H15F2NO/c23-20-5-1-3-17(12-20)15-26-22-9-7-16(8-10-22)11-19(14-25)18-4-2-6-21(24)13-18/h1-13H,15H2/b19-11-. The fourth-order valence-corrected chi connectivity index (χ4v) is 2.46. The lowest BCUT2D eigenvalue weighted by atomic mass is 10.0. The first-order chi connectivity index (χ1) is 12.6. The minimum absolute atomic E-state index is 0.264. The Morgan fingerprint density at radius 1 is 0.923 bits per heavy atom. The fraction of sp³-hybridized carbons (Fsp3) is 0.0455. The molecular formula is C22H15F2NO. The van der Waals surface area contributed by atoms with Gasteiger partial charge in [0, 0.05) is 0 Å². The van der Waals surface area contributed by atoms with Crippen LogP contribution in [0.5, 0.6) is 5.75 Å². The Hall–Kier alpha value is -3.45. The van der Waals surface area contributed by atoms with Crippen LogP contribution < -0.4 is 4.74 Å². The molecule has 0 aliphatic heterocycles. The predicted octanol–water partition coefficient (Wildman–Crippen LogP) is 5.61. The molecule has 0 fully saturated rings. The van der Waals surface area contributed by atoms with Gasteiger partial charge in [-0.25, -0.2) is 8.78 Å². The summed E-state index contributed by atoms with van der Waals surface area (Å²) >= 11 is 0. The second-order valence-electron chi connectivity index (χ2n) is 5.67. The van der Waals surface area contributed by atoms with Gasteiger partial charge in [-0.2, -0.15) is 5.26 Å². The Kier molecular flexibility index (Phi) is 5.40. The average Bonchev–Trinajstić information content (AvgIpc) is 2.65. The molecule has 0 aliphatic rings. The van der Waals surface area contributed by atoms with E-state index in [0.29, 0.717) is 16.9 Å². The van der Waals surface area contributed by atoms with E-state index in [4.69, 9.17) is 4.74 Å². The van der Waals surface area contributed by atoms with E-state index in [-0.39, 0.29) is 18.2 Å². The van der Waals surface area contributed by atoms with Crippen molar-refractivity contribution in [2.24, 2.45) is 0 Å². The molecule has 0 heterocycles. The van der Waals surface area contributed by atoms with Gasteiger partial charge < -0.3 is 4.74 Å². The molecule has 0 spiro atoms. The summed E-state index contributed by atoms with van der Waals surface area (Å²) < 4.78 is 32.1. The van der Waals surface area contributed by atoms with Crippen LogP contribution in [0.1, 0.15) is 16.7 Å². The first-order valence-corrected chi connectivity index (χ1v) is 7.99. The molecule has 3 aromatic carbocycles. The van der Waals surface area contributed by atoms with E-state index in [2.05, 4.69) is 6.07 Å². The summed E-state index contributed by atoms with van der Waals surface area (Å²) in [7, 11) is 0. The highest BCUT2D eigenvalue weighted by Crippen LogP contribution is 2.21. The van der Waals surface area contributed by atoms with Crippen LogP contribution in [-0.4, -0.2) is 0 Å². The molecule has 4 heteroatoms. The van der Waals surface area contributed by atoms with Crippen molar-refractivity contribution in [2.45, 2.75) is 6.61 Å². The normalized spacial score (nSPS) is 11.0. The van der Waals surface area contributed by atoms with Crippen LogP contribution in [0, 0.1) is 23.0 Å². The van der Waals surface area contributed by atoms with Crippen molar-refractivity contribution in [3.8, 4) is 11.8 Å². The van der Waals surface area contributed by atoms with Crippen LogP contribution >= 0.6 is 0 Å².